The van der Waals surface area contributed by atoms with Gasteiger partial charge in [-0.15, -0.1) is 0 Å². The number of carbonyl (C=O) groups is 2. The maximum absolute atomic E-state index is 13.2. The van der Waals surface area contributed by atoms with Gasteiger partial charge in [-0.2, -0.15) is 0 Å². The van der Waals surface area contributed by atoms with Crippen LogP contribution in [0.3, 0.4) is 0 Å². The van der Waals surface area contributed by atoms with Crippen LogP contribution in [0.2, 0.25) is 0 Å². The van der Waals surface area contributed by atoms with E-state index < -0.39 is 11.3 Å². The molecule has 6 nitrogen and oxygen atoms in total. The number of para-hydroxylation sites is 1. The molecule has 0 fully saturated rings. The largest absolute Gasteiger partial charge is 0.325 e. The summed E-state index contributed by atoms with van der Waals surface area (Å²) in [5, 5.41) is 3.18. The quantitative estimate of drug-likeness (QED) is 0.694. The first-order chi connectivity index (χ1) is 15.3. The Bertz CT molecular complexity index is 1140. The number of nitrogens with zero attached hydrogens (tertiary/aromatic N) is 3. The van der Waals surface area contributed by atoms with E-state index in [2.05, 4.69) is 5.32 Å². The Hall–Kier alpha value is -2.93. The van der Waals surface area contributed by atoms with Crippen molar-refractivity contribution in [3.63, 3.8) is 0 Å². The molecule has 0 unspecified atom stereocenters. The number of anilines is 1. The lowest BCUT2D eigenvalue weighted by Crippen LogP contribution is -2.43. The number of amides is 2. The van der Waals surface area contributed by atoms with Crippen molar-refractivity contribution in [1.29, 1.82) is 0 Å². The van der Waals surface area contributed by atoms with Gasteiger partial charge in [-0.1, -0.05) is 56.8 Å². The second-order valence-corrected chi connectivity index (χ2v) is 9.72. The number of benzene rings is 2. The van der Waals surface area contributed by atoms with E-state index in [9.17, 15) is 9.59 Å². The van der Waals surface area contributed by atoms with E-state index in [-0.39, 0.29) is 17.7 Å². The number of carbonyl (C=O) groups excluding carboxylic acids is 2. The lowest BCUT2D eigenvalue weighted by Gasteiger charge is -2.27. The molecule has 0 saturated heterocycles. The summed E-state index contributed by atoms with van der Waals surface area (Å²) in [5.74, 6) is 0.527. The van der Waals surface area contributed by atoms with Crippen LogP contribution in [0.4, 0.5) is 11.4 Å². The maximum Gasteiger partial charge on any atom is 0.259 e. The summed E-state index contributed by atoms with van der Waals surface area (Å²) >= 11 is 1.32. The molecule has 2 heterocycles. The van der Waals surface area contributed by atoms with Crippen LogP contribution in [-0.4, -0.2) is 39.0 Å². The van der Waals surface area contributed by atoms with Gasteiger partial charge in [0.2, 0.25) is 5.91 Å². The first kappa shape index (κ1) is 22.3. The third kappa shape index (κ3) is 4.09. The number of rotatable bonds is 5. The van der Waals surface area contributed by atoms with Crippen LogP contribution in [0.5, 0.6) is 0 Å². The Labute approximate surface area is 193 Å². The molecule has 4 rings (SSSR count). The third-order valence-corrected chi connectivity index (χ3v) is 7.01. The van der Waals surface area contributed by atoms with E-state index in [4.69, 9.17) is 9.98 Å². The molecular formula is C25H28N4O2S. The zero-order chi connectivity index (χ0) is 23.0. The average Bonchev–Trinajstić information content (AvgIpc) is 3.12. The van der Waals surface area contributed by atoms with Gasteiger partial charge in [-0.3, -0.25) is 14.6 Å². The van der Waals surface area contributed by atoms with Crippen LogP contribution in [0.25, 0.3) is 0 Å². The van der Waals surface area contributed by atoms with E-state index >= 15 is 0 Å². The highest BCUT2D eigenvalue weighted by Gasteiger charge is 2.43. The molecule has 2 aromatic rings. The SMILES string of the molecule is CC[C@H](SC1=Nc2ccccc2C2=N[C@@H](C(C)C)C(=O)N12)C(=O)Nc1cc(C)ccc1C. The van der Waals surface area contributed by atoms with E-state index in [0.717, 1.165) is 28.1 Å². The van der Waals surface area contributed by atoms with Gasteiger partial charge in [0.1, 0.15) is 11.9 Å². The van der Waals surface area contributed by atoms with Crippen molar-refractivity contribution in [2.75, 3.05) is 5.32 Å². The van der Waals surface area contributed by atoms with Crippen LogP contribution in [-0.2, 0) is 9.59 Å². The van der Waals surface area contributed by atoms with Crippen molar-refractivity contribution in [3.8, 4) is 0 Å². The number of hydrogen-bond donors (Lipinski definition) is 1. The Morgan fingerprint density at radius 1 is 1.19 bits per heavy atom. The zero-order valence-corrected chi connectivity index (χ0v) is 19.9. The first-order valence-corrected chi connectivity index (χ1v) is 11.8. The molecule has 166 valence electrons. The molecule has 1 N–H and O–H groups in total. The van der Waals surface area contributed by atoms with Gasteiger partial charge >= 0.3 is 0 Å². The molecule has 0 bridgehead atoms. The Morgan fingerprint density at radius 2 is 1.94 bits per heavy atom. The molecule has 2 aliphatic heterocycles. The molecule has 0 radical (unpaired) electrons. The number of amidine groups is 2. The highest BCUT2D eigenvalue weighted by Crippen LogP contribution is 2.36. The van der Waals surface area contributed by atoms with E-state index in [1.807, 2.05) is 77.1 Å². The number of thioether (sulfide) groups is 1. The number of hydrogen-bond acceptors (Lipinski definition) is 5. The van der Waals surface area contributed by atoms with Crippen molar-refractivity contribution in [1.82, 2.24) is 4.90 Å². The first-order valence-electron chi connectivity index (χ1n) is 10.9. The predicted octanol–water partition coefficient (Wildman–Crippen LogP) is 5.07. The van der Waals surface area contributed by atoms with Crippen molar-refractivity contribution >= 4 is 46.0 Å². The topological polar surface area (TPSA) is 74.1 Å². The highest BCUT2D eigenvalue weighted by molar-refractivity contribution is 8.15. The monoisotopic (exact) mass is 448 g/mol. The molecule has 2 atom stereocenters. The van der Waals surface area contributed by atoms with E-state index in [0.29, 0.717) is 17.4 Å². The van der Waals surface area contributed by atoms with Gasteiger partial charge < -0.3 is 5.32 Å². The fraction of sp³-hybridized carbons (Fsp3) is 0.360. The number of aryl methyl sites for hydroxylation is 2. The zero-order valence-electron chi connectivity index (χ0n) is 19.0. The normalized spacial score (nSPS) is 18.1. The molecular weight excluding hydrogens is 420 g/mol. The summed E-state index contributed by atoms with van der Waals surface area (Å²) in [5.41, 5.74) is 4.53. The van der Waals surface area contributed by atoms with Crippen LogP contribution < -0.4 is 5.32 Å². The van der Waals surface area contributed by atoms with Crippen LogP contribution in [0.1, 0.15) is 43.9 Å². The van der Waals surface area contributed by atoms with Gasteiger partial charge in [-0.05, 0) is 55.5 Å². The second-order valence-electron chi connectivity index (χ2n) is 8.55. The number of nitrogens with one attached hydrogen (secondary N) is 1. The fourth-order valence-corrected chi connectivity index (χ4v) is 4.84. The average molecular weight is 449 g/mol. The highest BCUT2D eigenvalue weighted by atomic mass is 32.2. The molecule has 2 aliphatic rings. The Kier molecular flexibility index (Phi) is 6.20. The summed E-state index contributed by atoms with van der Waals surface area (Å²) < 4.78 is 0. The maximum atomic E-state index is 13.2. The van der Waals surface area contributed by atoms with Crippen LogP contribution in [0.15, 0.2) is 52.4 Å². The molecule has 7 heteroatoms. The lowest BCUT2D eigenvalue weighted by atomic mass is 10.1. The molecule has 32 heavy (non-hydrogen) atoms. The summed E-state index contributed by atoms with van der Waals surface area (Å²) in [6, 6.07) is 13.3. The lowest BCUT2D eigenvalue weighted by molar-refractivity contribution is -0.125. The Balaban J connectivity index is 1.64. The summed E-state index contributed by atoms with van der Waals surface area (Å²) in [6.45, 7) is 9.93. The number of fused-ring (bicyclic) bond motifs is 3. The smallest absolute Gasteiger partial charge is 0.259 e. The molecule has 2 aromatic carbocycles. The third-order valence-electron chi connectivity index (χ3n) is 5.69. The van der Waals surface area contributed by atoms with Crippen molar-refractivity contribution in [2.24, 2.45) is 15.9 Å². The minimum Gasteiger partial charge on any atom is -0.325 e. The molecule has 2 amide bonds. The van der Waals surface area contributed by atoms with Crippen LogP contribution >= 0.6 is 11.8 Å². The van der Waals surface area contributed by atoms with E-state index in [1.54, 1.807) is 4.90 Å². The summed E-state index contributed by atoms with van der Waals surface area (Å²) in [4.78, 5) is 37.5. The van der Waals surface area contributed by atoms with Crippen molar-refractivity contribution in [3.05, 3.63) is 59.2 Å². The minimum absolute atomic E-state index is 0.0774. The van der Waals surface area contributed by atoms with Gasteiger partial charge in [0.05, 0.1) is 10.9 Å². The Morgan fingerprint density at radius 3 is 2.66 bits per heavy atom. The molecule has 0 aromatic heterocycles. The van der Waals surface area contributed by atoms with Crippen molar-refractivity contribution < 1.29 is 9.59 Å². The molecule has 0 aliphatic carbocycles. The minimum atomic E-state index is -0.439. The van der Waals surface area contributed by atoms with Crippen LogP contribution in [0, 0.1) is 19.8 Å². The van der Waals surface area contributed by atoms with Crippen molar-refractivity contribution in [2.45, 2.75) is 52.3 Å². The summed E-state index contributed by atoms with van der Waals surface area (Å²) in [7, 11) is 0. The molecule has 0 spiro atoms. The summed E-state index contributed by atoms with van der Waals surface area (Å²) in [6.07, 6.45) is 0.601. The van der Waals surface area contributed by atoms with E-state index in [1.165, 1.54) is 11.8 Å². The van der Waals surface area contributed by atoms with Gasteiger partial charge in [-0.25, -0.2) is 9.89 Å². The van der Waals surface area contributed by atoms with Gasteiger partial charge in [0, 0.05) is 11.3 Å². The van der Waals surface area contributed by atoms with Gasteiger partial charge in [0.15, 0.2) is 5.17 Å². The number of aliphatic imine (C=N–C) groups is 2. The molecule has 0 saturated carbocycles. The van der Waals surface area contributed by atoms with Gasteiger partial charge in [0.25, 0.3) is 5.91 Å². The fourth-order valence-electron chi connectivity index (χ4n) is 3.82. The predicted molar refractivity (Wildman–Crippen MR) is 132 cm³/mol. The standard InChI is InChI=1S/C25H28N4O2S/c1-6-20(23(30)26-19-13-15(4)11-12-16(19)5)32-25-27-18-10-8-7-9-17(18)22-28-21(14(2)3)24(31)29(22)25/h7-14,20-21H,6H2,1-5H3,(H,26,30)/t20-,21-/m0/s1. The second kappa shape index (κ2) is 8.90.